The first-order valence-electron chi connectivity index (χ1n) is 4.51. The third-order valence-corrected chi connectivity index (χ3v) is 4.11. The number of nitrogens with two attached hydrogens (primary N) is 1. The van der Waals surface area contributed by atoms with Crippen molar-refractivity contribution >= 4 is 21.6 Å². The van der Waals surface area contributed by atoms with E-state index in [0.29, 0.717) is 10.6 Å². The fourth-order valence-corrected chi connectivity index (χ4v) is 2.41. The molecule has 0 saturated carbocycles. The van der Waals surface area contributed by atoms with Crippen molar-refractivity contribution in [3.05, 3.63) is 24.3 Å². The van der Waals surface area contributed by atoms with E-state index in [1.54, 1.807) is 24.3 Å². The van der Waals surface area contributed by atoms with Crippen LogP contribution in [0.2, 0.25) is 0 Å². The normalized spacial score (nSPS) is 13.1. The van der Waals surface area contributed by atoms with Crippen LogP contribution in [0.3, 0.4) is 0 Å². The molecule has 1 rings (SSSR count). The van der Waals surface area contributed by atoms with Gasteiger partial charge in [0.25, 0.3) is 0 Å². The van der Waals surface area contributed by atoms with E-state index in [4.69, 9.17) is 11.0 Å². The summed E-state index contributed by atoms with van der Waals surface area (Å²) < 4.78 is 22.4. The van der Waals surface area contributed by atoms with Gasteiger partial charge in [-0.15, -0.1) is 11.8 Å². The Morgan fingerprint density at radius 3 is 2.44 bits per heavy atom. The number of nitrogens with zero attached hydrogens (tertiary/aromatic N) is 1. The Kier molecular flexibility index (Phi) is 4.35. The van der Waals surface area contributed by atoms with Gasteiger partial charge in [0.2, 0.25) is 0 Å². The largest absolute Gasteiger partial charge is 0.315 e. The third-order valence-electron chi connectivity index (χ3n) is 1.85. The fraction of sp³-hybridized carbons (Fsp3) is 0.300. The van der Waals surface area contributed by atoms with Gasteiger partial charge in [-0.3, -0.25) is 0 Å². The topological polar surface area (TPSA) is 83.9 Å². The molecule has 16 heavy (non-hydrogen) atoms. The Hall–Kier alpha value is -1.03. The number of rotatable bonds is 4. The Labute approximate surface area is 99.4 Å². The predicted octanol–water partition coefficient (Wildman–Crippen LogP) is 1.03. The van der Waals surface area contributed by atoms with Crippen LogP contribution in [0.15, 0.2) is 34.1 Å². The molecule has 0 saturated heterocycles. The maximum absolute atomic E-state index is 11.2. The van der Waals surface area contributed by atoms with E-state index < -0.39 is 15.9 Å². The summed E-state index contributed by atoms with van der Waals surface area (Å²) in [5.74, 6) is 0.495. The molecule has 6 heteroatoms. The molecule has 0 spiro atoms. The summed E-state index contributed by atoms with van der Waals surface area (Å²) in [7, 11) is -3.14. The molecule has 0 aliphatic rings. The van der Waals surface area contributed by atoms with E-state index in [1.807, 2.05) is 6.07 Å². The number of nitriles is 1. The van der Waals surface area contributed by atoms with Gasteiger partial charge in [0.05, 0.1) is 11.0 Å². The lowest BCUT2D eigenvalue weighted by Crippen LogP contribution is -2.19. The minimum atomic E-state index is -3.14. The molecule has 0 radical (unpaired) electrons. The maximum Gasteiger partial charge on any atom is 0.175 e. The average Bonchev–Trinajstić information content (AvgIpc) is 2.25. The number of sulfone groups is 1. The second-order valence-corrected chi connectivity index (χ2v) is 6.40. The van der Waals surface area contributed by atoms with Gasteiger partial charge in [-0.25, -0.2) is 8.42 Å². The molecule has 1 atom stereocenters. The summed E-state index contributed by atoms with van der Waals surface area (Å²) in [5, 5.41) is 8.50. The summed E-state index contributed by atoms with van der Waals surface area (Å²) in [5.41, 5.74) is 5.44. The molecular formula is C10H12N2O2S2. The molecule has 0 bridgehead atoms. The minimum Gasteiger partial charge on any atom is -0.315 e. The second-order valence-electron chi connectivity index (χ2n) is 3.29. The molecule has 86 valence electrons. The van der Waals surface area contributed by atoms with Crippen molar-refractivity contribution in [1.82, 2.24) is 0 Å². The van der Waals surface area contributed by atoms with Gasteiger partial charge in [-0.05, 0) is 24.3 Å². The van der Waals surface area contributed by atoms with E-state index in [2.05, 4.69) is 0 Å². The number of thioether (sulfide) groups is 1. The zero-order valence-corrected chi connectivity index (χ0v) is 10.4. The van der Waals surface area contributed by atoms with Crippen LogP contribution in [0.1, 0.15) is 0 Å². The van der Waals surface area contributed by atoms with Gasteiger partial charge in [-0.1, -0.05) is 0 Å². The zero-order valence-electron chi connectivity index (χ0n) is 8.75. The Bertz CT molecular complexity index is 489. The van der Waals surface area contributed by atoms with Crippen LogP contribution in [0.4, 0.5) is 0 Å². The monoisotopic (exact) mass is 256 g/mol. The Morgan fingerprint density at radius 1 is 1.44 bits per heavy atom. The van der Waals surface area contributed by atoms with Crippen molar-refractivity contribution in [2.45, 2.75) is 15.8 Å². The summed E-state index contributed by atoms with van der Waals surface area (Å²) in [6, 6.07) is 7.96. The Morgan fingerprint density at radius 2 is 2.00 bits per heavy atom. The molecule has 0 aromatic heterocycles. The molecule has 0 aliphatic heterocycles. The first-order valence-corrected chi connectivity index (χ1v) is 7.39. The van der Waals surface area contributed by atoms with E-state index in [0.717, 1.165) is 4.90 Å². The SMILES string of the molecule is CS(=O)(=O)c1ccc(SCC(N)C#N)cc1. The molecule has 0 aliphatic carbocycles. The molecule has 0 amide bonds. The highest BCUT2D eigenvalue weighted by molar-refractivity contribution is 7.99. The van der Waals surface area contributed by atoms with E-state index >= 15 is 0 Å². The molecule has 2 N–H and O–H groups in total. The molecule has 0 fully saturated rings. The first-order chi connectivity index (χ1) is 7.43. The van der Waals surface area contributed by atoms with Crippen LogP contribution in [0.25, 0.3) is 0 Å². The molecule has 1 aromatic carbocycles. The lowest BCUT2D eigenvalue weighted by Gasteiger charge is -2.03. The highest BCUT2D eigenvalue weighted by atomic mass is 32.2. The quantitative estimate of drug-likeness (QED) is 0.813. The van der Waals surface area contributed by atoms with Gasteiger partial charge >= 0.3 is 0 Å². The van der Waals surface area contributed by atoms with Crippen LogP contribution in [0.5, 0.6) is 0 Å². The van der Waals surface area contributed by atoms with Crippen LogP contribution in [-0.4, -0.2) is 26.5 Å². The van der Waals surface area contributed by atoms with Crippen molar-refractivity contribution in [1.29, 1.82) is 5.26 Å². The molecular weight excluding hydrogens is 244 g/mol. The summed E-state index contributed by atoms with van der Waals surface area (Å²) in [6.07, 6.45) is 1.17. The molecule has 0 heterocycles. The van der Waals surface area contributed by atoms with Crippen molar-refractivity contribution < 1.29 is 8.42 Å². The second kappa shape index (κ2) is 5.34. The predicted molar refractivity (Wildman–Crippen MR) is 63.9 cm³/mol. The number of hydrogen-bond acceptors (Lipinski definition) is 5. The number of hydrogen-bond donors (Lipinski definition) is 1. The van der Waals surface area contributed by atoms with Crippen molar-refractivity contribution in [2.75, 3.05) is 12.0 Å². The highest BCUT2D eigenvalue weighted by Crippen LogP contribution is 2.20. The summed E-state index contributed by atoms with van der Waals surface area (Å²) >= 11 is 1.43. The van der Waals surface area contributed by atoms with Gasteiger partial charge < -0.3 is 5.73 Å². The van der Waals surface area contributed by atoms with Crippen LogP contribution in [-0.2, 0) is 9.84 Å². The smallest absolute Gasteiger partial charge is 0.175 e. The van der Waals surface area contributed by atoms with E-state index in [9.17, 15) is 8.42 Å². The molecule has 1 aromatic rings. The molecule has 1 unspecified atom stereocenters. The van der Waals surface area contributed by atoms with Crippen LogP contribution < -0.4 is 5.73 Å². The van der Waals surface area contributed by atoms with Gasteiger partial charge in [0, 0.05) is 16.9 Å². The Balaban J connectivity index is 2.70. The van der Waals surface area contributed by atoms with Gasteiger partial charge in [-0.2, -0.15) is 5.26 Å². The van der Waals surface area contributed by atoms with E-state index in [1.165, 1.54) is 18.0 Å². The van der Waals surface area contributed by atoms with Gasteiger partial charge in [0.15, 0.2) is 9.84 Å². The van der Waals surface area contributed by atoms with Crippen LogP contribution >= 0.6 is 11.8 Å². The summed E-state index contributed by atoms with van der Waals surface area (Å²) in [4.78, 5) is 1.19. The highest BCUT2D eigenvalue weighted by Gasteiger charge is 2.07. The zero-order chi connectivity index (χ0) is 12.2. The fourth-order valence-electron chi connectivity index (χ4n) is 1.01. The van der Waals surface area contributed by atoms with Gasteiger partial charge in [0.1, 0.15) is 6.04 Å². The maximum atomic E-state index is 11.2. The lowest BCUT2D eigenvalue weighted by molar-refractivity contribution is 0.602. The average molecular weight is 256 g/mol. The van der Waals surface area contributed by atoms with Crippen LogP contribution in [0, 0.1) is 11.3 Å². The van der Waals surface area contributed by atoms with Crippen molar-refractivity contribution in [2.24, 2.45) is 5.73 Å². The first kappa shape index (κ1) is 13.0. The molecule has 4 nitrogen and oxygen atoms in total. The lowest BCUT2D eigenvalue weighted by atomic mass is 10.4. The standard InChI is InChI=1S/C10H12N2O2S2/c1-16(13,14)10-4-2-9(3-5-10)15-7-8(12)6-11/h2-5,8H,7,12H2,1H3. The third kappa shape index (κ3) is 3.85. The van der Waals surface area contributed by atoms with Crippen molar-refractivity contribution in [3.63, 3.8) is 0 Å². The summed E-state index contributed by atoms with van der Waals surface area (Å²) in [6.45, 7) is 0. The van der Waals surface area contributed by atoms with E-state index in [-0.39, 0.29) is 0 Å². The minimum absolute atomic E-state index is 0.293. The van der Waals surface area contributed by atoms with Crippen molar-refractivity contribution in [3.8, 4) is 6.07 Å². The number of benzene rings is 1.